The van der Waals surface area contributed by atoms with Gasteiger partial charge in [-0.1, -0.05) is 18.2 Å². The van der Waals surface area contributed by atoms with Crippen molar-refractivity contribution in [2.75, 3.05) is 31.3 Å². The number of carbonyl (C=O) groups is 2. The summed E-state index contributed by atoms with van der Waals surface area (Å²) in [5.41, 5.74) is 1.70. The Hall–Kier alpha value is -1.53. The first-order valence-electron chi connectivity index (χ1n) is 8.09. The van der Waals surface area contributed by atoms with Gasteiger partial charge in [0.25, 0.3) is 5.91 Å². The average Bonchev–Trinajstić information content (AvgIpc) is 3.24. The Labute approximate surface area is 141 Å². The number of benzene rings is 1. The van der Waals surface area contributed by atoms with Crippen LogP contribution in [0.1, 0.15) is 22.3 Å². The third kappa shape index (κ3) is 3.87. The van der Waals surface area contributed by atoms with Gasteiger partial charge in [-0.25, -0.2) is 0 Å². The molecule has 2 N–H and O–H groups in total. The van der Waals surface area contributed by atoms with Crippen LogP contribution in [-0.2, 0) is 4.79 Å². The number of thioether (sulfide) groups is 1. The van der Waals surface area contributed by atoms with E-state index in [0.29, 0.717) is 12.5 Å². The largest absolute Gasteiger partial charge is 0.352 e. The number of nitrogens with zero attached hydrogens (tertiary/aromatic N) is 1. The molecule has 0 aliphatic carbocycles. The molecule has 1 aromatic rings. The van der Waals surface area contributed by atoms with Gasteiger partial charge in [-0.3, -0.25) is 9.59 Å². The van der Waals surface area contributed by atoms with Crippen molar-refractivity contribution >= 4 is 23.6 Å². The molecular weight excluding hydrogens is 310 g/mol. The number of hydrogen-bond donors (Lipinski definition) is 2. The molecule has 2 unspecified atom stereocenters. The summed E-state index contributed by atoms with van der Waals surface area (Å²) in [6.45, 7) is 4.19. The zero-order valence-electron chi connectivity index (χ0n) is 13.4. The van der Waals surface area contributed by atoms with Crippen LogP contribution < -0.4 is 10.6 Å². The standard InChI is InChI=1S/C17H23N3O2S/c1-12-4-2-3-5-14(12)16(21)19-10-13-8-15(18-9-13)17(22)20-6-7-23-11-20/h2-5,13,15,18H,6-11H2,1H3,(H,19,21). The van der Waals surface area contributed by atoms with E-state index in [-0.39, 0.29) is 17.9 Å². The minimum Gasteiger partial charge on any atom is -0.352 e. The van der Waals surface area contributed by atoms with Gasteiger partial charge in [-0.2, -0.15) is 0 Å². The van der Waals surface area contributed by atoms with Crippen LogP contribution in [0.4, 0.5) is 0 Å². The predicted octanol–water partition coefficient (Wildman–Crippen LogP) is 1.24. The zero-order valence-corrected chi connectivity index (χ0v) is 14.2. The Morgan fingerprint density at radius 2 is 2.22 bits per heavy atom. The molecule has 2 saturated heterocycles. The second kappa shape index (κ2) is 7.36. The third-order valence-corrected chi connectivity index (χ3v) is 5.49. The molecule has 2 amide bonds. The molecule has 2 aliphatic heterocycles. The second-order valence-electron chi connectivity index (χ2n) is 6.23. The molecule has 2 aliphatic rings. The summed E-state index contributed by atoms with van der Waals surface area (Å²) in [6.07, 6.45) is 0.800. The highest BCUT2D eigenvalue weighted by Crippen LogP contribution is 2.20. The van der Waals surface area contributed by atoms with Crippen molar-refractivity contribution < 1.29 is 9.59 Å². The van der Waals surface area contributed by atoms with E-state index in [0.717, 1.165) is 42.3 Å². The fourth-order valence-electron chi connectivity index (χ4n) is 3.12. The minimum atomic E-state index is -0.0888. The maximum Gasteiger partial charge on any atom is 0.251 e. The molecule has 124 valence electrons. The fourth-order valence-corrected chi connectivity index (χ4v) is 4.08. The number of hydrogen-bond acceptors (Lipinski definition) is 4. The Balaban J connectivity index is 1.47. The molecule has 2 heterocycles. The van der Waals surface area contributed by atoms with Gasteiger partial charge in [0.1, 0.15) is 0 Å². The van der Waals surface area contributed by atoms with Crippen molar-refractivity contribution in [2.45, 2.75) is 19.4 Å². The monoisotopic (exact) mass is 333 g/mol. The first-order chi connectivity index (χ1) is 11.1. The van der Waals surface area contributed by atoms with Crippen molar-refractivity contribution in [3.8, 4) is 0 Å². The Morgan fingerprint density at radius 3 is 2.96 bits per heavy atom. The lowest BCUT2D eigenvalue weighted by Gasteiger charge is -2.19. The lowest BCUT2D eigenvalue weighted by Crippen LogP contribution is -2.42. The van der Waals surface area contributed by atoms with Gasteiger partial charge in [-0.05, 0) is 30.9 Å². The van der Waals surface area contributed by atoms with E-state index in [1.165, 1.54) is 0 Å². The number of rotatable bonds is 4. The van der Waals surface area contributed by atoms with Crippen molar-refractivity contribution in [1.29, 1.82) is 0 Å². The van der Waals surface area contributed by atoms with Gasteiger partial charge < -0.3 is 15.5 Å². The van der Waals surface area contributed by atoms with Gasteiger partial charge in [0.15, 0.2) is 0 Å². The quantitative estimate of drug-likeness (QED) is 0.870. The summed E-state index contributed by atoms with van der Waals surface area (Å²) in [5, 5.41) is 6.31. The molecule has 0 bridgehead atoms. The van der Waals surface area contributed by atoms with Crippen LogP contribution in [0.15, 0.2) is 24.3 Å². The Kier molecular flexibility index (Phi) is 5.23. The number of aryl methyl sites for hydroxylation is 1. The van der Waals surface area contributed by atoms with Gasteiger partial charge in [0.05, 0.1) is 11.9 Å². The first-order valence-corrected chi connectivity index (χ1v) is 9.24. The molecular formula is C17H23N3O2S. The highest BCUT2D eigenvalue weighted by atomic mass is 32.2. The van der Waals surface area contributed by atoms with E-state index >= 15 is 0 Å². The van der Waals surface area contributed by atoms with Crippen molar-refractivity contribution in [1.82, 2.24) is 15.5 Å². The summed E-state index contributed by atoms with van der Waals surface area (Å²) >= 11 is 1.80. The average molecular weight is 333 g/mol. The molecule has 5 nitrogen and oxygen atoms in total. The fraction of sp³-hybridized carbons (Fsp3) is 0.529. The highest BCUT2D eigenvalue weighted by molar-refractivity contribution is 7.99. The highest BCUT2D eigenvalue weighted by Gasteiger charge is 2.33. The van der Waals surface area contributed by atoms with E-state index in [1.54, 1.807) is 11.8 Å². The maximum absolute atomic E-state index is 12.4. The number of carbonyl (C=O) groups excluding carboxylic acids is 2. The topological polar surface area (TPSA) is 61.4 Å². The second-order valence-corrected chi connectivity index (χ2v) is 7.30. The summed E-state index contributed by atoms with van der Waals surface area (Å²) in [7, 11) is 0. The van der Waals surface area contributed by atoms with Crippen LogP contribution in [-0.4, -0.2) is 54.0 Å². The first kappa shape index (κ1) is 16.3. The minimum absolute atomic E-state index is 0.0335. The summed E-state index contributed by atoms with van der Waals surface area (Å²) in [4.78, 5) is 26.5. The van der Waals surface area contributed by atoms with E-state index < -0.39 is 0 Å². The van der Waals surface area contributed by atoms with Crippen LogP contribution in [0, 0.1) is 12.8 Å². The third-order valence-electron chi connectivity index (χ3n) is 4.53. The van der Waals surface area contributed by atoms with Crippen LogP contribution in [0.2, 0.25) is 0 Å². The lowest BCUT2D eigenvalue weighted by molar-refractivity contribution is -0.131. The molecule has 1 aromatic carbocycles. The van der Waals surface area contributed by atoms with E-state index in [9.17, 15) is 9.59 Å². The van der Waals surface area contributed by atoms with Gasteiger partial charge >= 0.3 is 0 Å². The van der Waals surface area contributed by atoms with Crippen molar-refractivity contribution in [3.05, 3.63) is 35.4 Å². The van der Waals surface area contributed by atoms with Crippen molar-refractivity contribution in [3.63, 3.8) is 0 Å². The Bertz CT molecular complexity index is 587. The van der Waals surface area contributed by atoms with Gasteiger partial charge in [0, 0.05) is 31.0 Å². The van der Waals surface area contributed by atoms with E-state index in [1.807, 2.05) is 36.1 Å². The smallest absolute Gasteiger partial charge is 0.251 e. The number of nitrogens with one attached hydrogen (secondary N) is 2. The van der Waals surface area contributed by atoms with Gasteiger partial charge in [0.2, 0.25) is 5.91 Å². The number of amides is 2. The summed E-state index contributed by atoms with van der Waals surface area (Å²) in [6, 6.07) is 7.50. The predicted molar refractivity (Wildman–Crippen MR) is 92.4 cm³/mol. The van der Waals surface area contributed by atoms with Crippen LogP contribution in [0.5, 0.6) is 0 Å². The molecule has 0 saturated carbocycles. The molecule has 2 atom stereocenters. The van der Waals surface area contributed by atoms with Gasteiger partial charge in [-0.15, -0.1) is 11.8 Å². The van der Waals surface area contributed by atoms with Crippen LogP contribution >= 0.6 is 11.8 Å². The van der Waals surface area contributed by atoms with Crippen molar-refractivity contribution in [2.24, 2.45) is 5.92 Å². The molecule has 23 heavy (non-hydrogen) atoms. The molecule has 0 aromatic heterocycles. The maximum atomic E-state index is 12.4. The molecule has 6 heteroatoms. The SMILES string of the molecule is Cc1ccccc1C(=O)NCC1CNC(C(=O)N2CCSC2)C1. The molecule has 2 fully saturated rings. The zero-order chi connectivity index (χ0) is 16.2. The van der Waals surface area contributed by atoms with E-state index in [2.05, 4.69) is 10.6 Å². The summed E-state index contributed by atoms with van der Waals surface area (Å²) in [5.74, 6) is 2.34. The molecule has 0 radical (unpaired) electrons. The molecule has 0 spiro atoms. The van der Waals surface area contributed by atoms with Crippen LogP contribution in [0.3, 0.4) is 0 Å². The lowest BCUT2D eigenvalue weighted by atomic mass is 10.0. The van der Waals surface area contributed by atoms with E-state index in [4.69, 9.17) is 0 Å². The normalized spacial score (nSPS) is 24.0. The molecule has 3 rings (SSSR count). The Morgan fingerprint density at radius 1 is 1.39 bits per heavy atom. The van der Waals surface area contributed by atoms with Crippen LogP contribution in [0.25, 0.3) is 0 Å². The summed E-state index contributed by atoms with van der Waals surface area (Å²) < 4.78 is 0.